The van der Waals surface area contributed by atoms with E-state index in [1.807, 2.05) is 10.9 Å². The maximum absolute atomic E-state index is 5.67. The van der Waals surface area contributed by atoms with Crippen molar-refractivity contribution in [2.45, 2.75) is 19.4 Å². The first-order valence-electron chi connectivity index (χ1n) is 3.71. The minimum absolute atomic E-state index is 0.692. The van der Waals surface area contributed by atoms with Crippen molar-refractivity contribution < 1.29 is 0 Å². The molecule has 0 atom stereocenters. The van der Waals surface area contributed by atoms with Gasteiger partial charge in [-0.2, -0.15) is 5.10 Å². The molecule has 0 bridgehead atoms. The lowest BCUT2D eigenvalue weighted by Gasteiger charge is -1.98. The van der Waals surface area contributed by atoms with Gasteiger partial charge in [0.25, 0.3) is 0 Å². The second-order valence-electron chi connectivity index (χ2n) is 2.42. The molecule has 1 aromatic heterocycles. The maximum Gasteiger partial charge on any atom is 0.0785 e. The van der Waals surface area contributed by atoms with Gasteiger partial charge < -0.3 is 5.73 Å². The van der Waals surface area contributed by atoms with Crippen molar-refractivity contribution in [2.75, 3.05) is 6.54 Å². The lowest BCUT2D eigenvalue weighted by molar-refractivity contribution is 0.561. The van der Waals surface area contributed by atoms with Gasteiger partial charge in [-0.15, -0.1) is 0 Å². The van der Waals surface area contributed by atoms with Crippen molar-refractivity contribution >= 4 is 11.6 Å². The Kier molecular flexibility index (Phi) is 3.39. The first-order chi connectivity index (χ1) is 5.33. The standard InChI is InChI=1S/C7H12ClN3/c8-7-5-10-11(6-7)4-2-1-3-9/h5-6H,1-4,9H2. The fourth-order valence-electron chi connectivity index (χ4n) is 0.879. The molecule has 0 aromatic carbocycles. The molecule has 0 aliphatic carbocycles. The van der Waals surface area contributed by atoms with Crippen LogP contribution in [0.2, 0.25) is 5.02 Å². The zero-order chi connectivity index (χ0) is 8.10. The summed E-state index contributed by atoms with van der Waals surface area (Å²) in [5, 5.41) is 4.72. The van der Waals surface area contributed by atoms with Crippen molar-refractivity contribution in [2.24, 2.45) is 5.73 Å². The van der Waals surface area contributed by atoms with Crippen molar-refractivity contribution in [3.8, 4) is 0 Å². The van der Waals surface area contributed by atoms with Crippen molar-refractivity contribution in [3.05, 3.63) is 17.4 Å². The molecule has 11 heavy (non-hydrogen) atoms. The van der Waals surface area contributed by atoms with Crippen LogP contribution < -0.4 is 5.73 Å². The Morgan fingerprint density at radius 3 is 2.91 bits per heavy atom. The highest BCUT2D eigenvalue weighted by molar-refractivity contribution is 6.30. The van der Waals surface area contributed by atoms with Gasteiger partial charge in [0, 0.05) is 12.7 Å². The number of rotatable bonds is 4. The molecule has 0 fully saturated rings. The van der Waals surface area contributed by atoms with Crippen LogP contribution in [0.25, 0.3) is 0 Å². The Hall–Kier alpha value is -0.540. The molecule has 0 saturated carbocycles. The molecule has 0 saturated heterocycles. The maximum atomic E-state index is 5.67. The summed E-state index contributed by atoms with van der Waals surface area (Å²) in [5.74, 6) is 0. The van der Waals surface area contributed by atoms with E-state index in [1.165, 1.54) is 0 Å². The van der Waals surface area contributed by atoms with Crippen LogP contribution in [0.1, 0.15) is 12.8 Å². The summed E-state index contributed by atoms with van der Waals surface area (Å²) >= 11 is 5.67. The van der Waals surface area contributed by atoms with Gasteiger partial charge in [-0.25, -0.2) is 0 Å². The molecule has 62 valence electrons. The van der Waals surface area contributed by atoms with Gasteiger partial charge in [-0.05, 0) is 19.4 Å². The van der Waals surface area contributed by atoms with E-state index in [1.54, 1.807) is 6.20 Å². The molecular weight excluding hydrogens is 162 g/mol. The summed E-state index contributed by atoms with van der Waals surface area (Å²) in [7, 11) is 0. The quantitative estimate of drug-likeness (QED) is 0.698. The van der Waals surface area contributed by atoms with Gasteiger partial charge in [0.1, 0.15) is 0 Å². The number of hydrogen-bond acceptors (Lipinski definition) is 2. The molecule has 1 heterocycles. The third kappa shape index (κ3) is 2.91. The topological polar surface area (TPSA) is 43.8 Å². The fraction of sp³-hybridized carbons (Fsp3) is 0.571. The van der Waals surface area contributed by atoms with Gasteiger partial charge in [0.05, 0.1) is 11.2 Å². The molecule has 0 amide bonds. The molecule has 0 unspecified atom stereocenters. The Bertz CT molecular complexity index is 209. The molecular formula is C7H12ClN3. The average molecular weight is 174 g/mol. The lowest BCUT2D eigenvalue weighted by Crippen LogP contribution is -2.03. The van der Waals surface area contributed by atoms with E-state index in [0.717, 1.165) is 25.9 Å². The van der Waals surface area contributed by atoms with Gasteiger partial charge in [-0.3, -0.25) is 4.68 Å². The van der Waals surface area contributed by atoms with Crippen LogP contribution in [0, 0.1) is 0 Å². The lowest BCUT2D eigenvalue weighted by atomic mass is 10.3. The molecule has 4 heteroatoms. The van der Waals surface area contributed by atoms with Crippen LogP contribution in [-0.2, 0) is 6.54 Å². The van der Waals surface area contributed by atoms with Gasteiger partial charge in [0.15, 0.2) is 0 Å². The zero-order valence-electron chi connectivity index (χ0n) is 6.33. The normalized spacial score (nSPS) is 10.4. The molecule has 0 aliphatic heterocycles. The largest absolute Gasteiger partial charge is 0.330 e. The second kappa shape index (κ2) is 4.36. The fourth-order valence-corrected chi connectivity index (χ4v) is 1.04. The summed E-state index contributed by atoms with van der Waals surface area (Å²) in [4.78, 5) is 0. The molecule has 1 rings (SSSR count). The monoisotopic (exact) mass is 173 g/mol. The third-order valence-corrected chi connectivity index (χ3v) is 1.64. The summed E-state index contributed by atoms with van der Waals surface area (Å²) in [6.07, 6.45) is 5.56. The first kappa shape index (κ1) is 8.56. The predicted octanol–water partition coefficient (Wildman–Crippen LogP) is 1.28. The number of aromatic nitrogens is 2. The molecule has 3 nitrogen and oxygen atoms in total. The van der Waals surface area contributed by atoms with Crippen molar-refractivity contribution in [3.63, 3.8) is 0 Å². The minimum atomic E-state index is 0.692. The average Bonchev–Trinajstić information content (AvgIpc) is 2.37. The number of halogens is 1. The predicted molar refractivity (Wildman–Crippen MR) is 45.5 cm³/mol. The van der Waals surface area contributed by atoms with E-state index in [9.17, 15) is 0 Å². The van der Waals surface area contributed by atoms with E-state index in [-0.39, 0.29) is 0 Å². The Morgan fingerprint density at radius 1 is 1.55 bits per heavy atom. The molecule has 1 aromatic rings. The van der Waals surface area contributed by atoms with Crippen LogP contribution >= 0.6 is 11.6 Å². The highest BCUT2D eigenvalue weighted by Gasteiger charge is 1.93. The smallest absolute Gasteiger partial charge is 0.0785 e. The SMILES string of the molecule is NCCCCn1cc(Cl)cn1. The van der Waals surface area contributed by atoms with E-state index < -0.39 is 0 Å². The Balaban J connectivity index is 2.27. The van der Waals surface area contributed by atoms with E-state index in [0.29, 0.717) is 5.02 Å². The first-order valence-corrected chi connectivity index (χ1v) is 4.09. The minimum Gasteiger partial charge on any atom is -0.330 e. The number of nitrogens with two attached hydrogens (primary N) is 1. The number of unbranched alkanes of at least 4 members (excludes halogenated alkanes) is 1. The molecule has 0 spiro atoms. The third-order valence-electron chi connectivity index (χ3n) is 1.44. The van der Waals surface area contributed by atoms with E-state index in [2.05, 4.69) is 5.10 Å². The summed E-state index contributed by atoms with van der Waals surface area (Å²) in [5.41, 5.74) is 5.34. The Labute approximate surface area is 71.1 Å². The Morgan fingerprint density at radius 2 is 2.36 bits per heavy atom. The van der Waals surface area contributed by atoms with Crippen LogP contribution in [-0.4, -0.2) is 16.3 Å². The number of nitrogens with zero attached hydrogens (tertiary/aromatic N) is 2. The van der Waals surface area contributed by atoms with Crippen molar-refractivity contribution in [1.82, 2.24) is 9.78 Å². The van der Waals surface area contributed by atoms with E-state index >= 15 is 0 Å². The summed E-state index contributed by atoms with van der Waals surface area (Å²) < 4.78 is 1.83. The van der Waals surface area contributed by atoms with Gasteiger partial charge in [0.2, 0.25) is 0 Å². The van der Waals surface area contributed by atoms with Crippen LogP contribution in [0.5, 0.6) is 0 Å². The summed E-state index contributed by atoms with van der Waals surface area (Å²) in [6.45, 7) is 1.65. The summed E-state index contributed by atoms with van der Waals surface area (Å²) in [6, 6.07) is 0. The number of hydrogen-bond donors (Lipinski definition) is 1. The molecule has 2 N–H and O–H groups in total. The zero-order valence-corrected chi connectivity index (χ0v) is 7.09. The van der Waals surface area contributed by atoms with Gasteiger partial charge in [-0.1, -0.05) is 11.6 Å². The second-order valence-corrected chi connectivity index (χ2v) is 2.85. The van der Waals surface area contributed by atoms with Crippen LogP contribution in [0.4, 0.5) is 0 Å². The molecule has 0 radical (unpaired) electrons. The highest BCUT2D eigenvalue weighted by Crippen LogP contribution is 2.05. The number of aryl methyl sites for hydroxylation is 1. The van der Waals surface area contributed by atoms with Crippen LogP contribution in [0.15, 0.2) is 12.4 Å². The van der Waals surface area contributed by atoms with Crippen molar-refractivity contribution in [1.29, 1.82) is 0 Å². The molecule has 0 aliphatic rings. The van der Waals surface area contributed by atoms with Crippen LogP contribution in [0.3, 0.4) is 0 Å². The highest BCUT2D eigenvalue weighted by atomic mass is 35.5. The van der Waals surface area contributed by atoms with Gasteiger partial charge >= 0.3 is 0 Å². The van der Waals surface area contributed by atoms with E-state index in [4.69, 9.17) is 17.3 Å².